The van der Waals surface area contributed by atoms with E-state index in [-0.39, 0.29) is 0 Å². The van der Waals surface area contributed by atoms with Crippen molar-refractivity contribution in [3.63, 3.8) is 0 Å². The minimum Gasteiger partial charge on any atom is -0.383 e. The van der Waals surface area contributed by atoms with Crippen LogP contribution in [0.15, 0.2) is 11.6 Å². The molecule has 0 heterocycles. The second kappa shape index (κ2) is 6.21. The molecule has 0 aromatic heterocycles. The van der Waals surface area contributed by atoms with Gasteiger partial charge < -0.3 is 10.1 Å². The van der Waals surface area contributed by atoms with Crippen LogP contribution in [0.3, 0.4) is 0 Å². The first-order chi connectivity index (χ1) is 5.93. The van der Waals surface area contributed by atoms with E-state index in [0.29, 0.717) is 0 Å². The Morgan fingerprint density at radius 2 is 2.42 bits per heavy atom. The van der Waals surface area contributed by atoms with Gasteiger partial charge in [-0.1, -0.05) is 11.6 Å². The van der Waals surface area contributed by atoms with Crippen molar-refractivity contribution in [2.45, 2.75) is 25.7 Å². The van der Waals surface area contributed by atoms with Crippen molar-refractivity contribution >= 4 is 0 Å². The fourth-order valence-corrected chi connectivity index (χ4v) is 1.51. The Morgan fingerprint density at radius 3 is 3.08 bits per heavy atom. The van der Waals surface area contributed by atoms with Crippen LogP contribution >= 0.6 is 0 Å². The number of allylic oxidation sites excluding steroid dienone is 1. The maximum atomic E-state index is 4.94. The fourth-order valence-electron chi connectivity index (χ4n) is 1.51. The second-order valence-electron chi connectivity index (χ2n) is 3.25. The van der Waals surface area contributed by atoms with Gasteiger partial charge in [-0.15, -0.1) is 0 Å². The van der Waals surface area contributed by atoms with Gasteiger partial charge in [-0.2, -0.15) is 0 Å². The van der Waals surface area contributed by atoms with Gasteiger partial charge in [0, 0.05) is 13.7 Å². The zero-order valence-electron chi connectivity index (χ0n) is 7.94. The van der Waals surface area contributed by atoms with Crippen molar-refractivity contribution < 1.29 is 4.74 Å². The summed E-state index contributed by atoms with van der Waals surface area (Å²) >= 11 is 0. The highest BCUT2D eigenvalue weighted by Gasteiger charge is 2.02. The van der Waals surface area contributed by atoms with Crippen LogP contribution in [0, 0.1) is 0 Å². The third-order valence-electron chi connectivity index (χ3n) is 2.24. The molecule has 0 saturated carbocycles. The summed E-state index contributed by atoms with van der Waals surface area (Å²) in [6, 6.07) is 0. The first-order valence-corrected chi connectivity index (χ1v) is 4.81. The lowest BCUT2D eigenvalue weighted by Gasteiger charge is -2.03. The number of methoxy groups -OCH3 is 1. The standard InChI is InChI=1S/C10H19NO/c1-12-9-8-11-7-6-10-4-2-3-5-10/h4,11H,2-3,5-9H2,1H3. The van der Waals surface area contributed by atoms with E-state index in [9.17, 15) is 0 Å². The van der Waals surface area contributed by atoms with E-state index in [0.717, 1.165) is 19.7 Å². The predicted octanol–water partition coefficient (Wildman–Crippen LogP) is 1.72. The molecule has 0 spiro atoms. The van der Waals surface area contributed by atoms with E-state index < -0.39 is 0 Å². The van der Waals surface area contributed by atoms with Crippen molar-refractivity contribution in [3.05, 3.63) is 11.6 Å². The molecule has 0 aliphatic heterocycles. The number of hydrogen-bond acceptors (Lipinski definition) is 2. The van der Waals surface area contributed by atoms with Crippen molar-refractivity contribution in [1.29, 1.82) is 0 Å². The highest BCUT2D eigenvalue weighted by Crippen LogP contribution is 2.19. The van der Waals surface area contributed by atoms with Crippen LogP contribution in [0.1, 0.15) is 25.7 Å². The summed E-state index contributed by atoms with van der Waals surface area (Å²) in [6.07, 6.45) is 7.61. The van der Waals surface area contributed by atoms with Crippen LogP contribution in [0.2, 0.25) is 0 Å². The van der Waals surface area contributed by atoms with Crippen LogP contribution < -0.4 is 5.32 Å². The molecule has 1 aliphatic carbocycles. The van der Waals surface area contributed by atoms with Crippen molar-refractivity contribution in [1.82, 2.24) is 5.32 Å². The van der Waals surface area contributed by atoms with Crippen molar-refractivity contribution in [2.24, 2.45) is 0 Å². The Morgan fingerprint density at radius 1 is 1.50 bits per heavy atom. The molecule has 0 aromatic rings. The van der Waals surface area contributed by atoms with E-state index in [1.54, 1.807) is 12.7 Å². The molecule has 0 radical (unpaired) electrons. The minimum atomic E-state index is 0.818. The SMILES string of the molecule is COCCNCCC1=CCCC1. The second-order valence-corrected chi connectivity index (χ2v) is 3.25. The topological polar surface area (TPSA) is 21.3 Å². The van der Waals surface area contributed by atoms with E-state index in [4.69, 9.17) is 4.74 Å². The predicted molar refractivity (Wildman–Crippen MR) is 51.3 cm³/mol. The van der Waals surface area contributed by atoms with Gasteiger partial charge in [-0.25, -0.2) is 0 Å². The lowest BCUT2D eigenvalue weighted by molar-refractivity contribution is 0.199. The van der Waals surface area contributed by atoms with E-state index in [1.165, 1.54) is 25.7 Å². The Hall–Kier alpha value is -0.340. The molecule has 0 aromatic carbocycles. The first-order valence-electron chi connectivity index (χ1n) is 4.81. The Kier molecular flexibility index (Phi) is 5.04. The van der Waals surface area contributed by atoms with Gasteiger partial charge in [0.25, 0.3) is 0 Å². The van der Waals surface area contributed by atoms with E-state index in [1.807, 2.05) is 0 Å². The van der Waals surface area contributed by atoms with Crippen LogP contribution in [0.5, 0.6) is 0 Å². The van der Waals surface area contributed by atoms with Crippen molar-refractivity contribution in [3.8, 4) is 0 Å². The molecule has 0 fully saturated rings. The molecule has 0 bridgehead atoms. The van der Waals surface area contributed by atoms with Gasteiger partial charge in [-0.05, 0) is 32.2 Å². The molecule has 12 heavy (non-hydrogen) atoms. The van der Waals surface area contributed by atoms with Gasteiger partial charge in [-0.3, -0.25) is 0 Å². The summed E-state index contributed by atoms with van der Waals surface area (Å²) in [4.78, 5) is 0. The normalized spacial score (nSPS) is 16.6. The molecule has 1 N–H and O–H groups in total. The van der Waals surface area contributed by atoms with Crippen LogP contribution in [0.4, 0.5) is 0 Å². The summed E-state index contributed by atoms with van der Waals surface area (Å²) < 4.78 is 4.94. The molecule has 0 unspecified atom stereocenters. The van der Waals surface area contributed by atoms with Gasteiger partial charge >= 0.3 is 0 Å². The molecule has 0 amide bonds. The van der Waals surface area contributed by atoms with Gasteiger partial charge in [0.2, 0.25) is 0 Å². The average Bonchev–Trinajstić information content (AvgIpc) is 2.57. The van der Waals surface area contributed by atoms with Crippen LogP contribution in [-0.4, -0.2) is 26.8 Å². The Balaban J connectivity index is 1.88. The molecule has 1 rings (SSSR count). The number of hydrogen-bond donors (Lipinski definition) is 1. The van der Waals surface area contributed by atoms with E-state index >= 15 is 0 Å². The molecule has 2 heteroatoms. The van der Waals surface area contributed by atoms with Gasteiger partial charge in [0.05, 0.1) is 6.61 Å². The molecule has 0 atom stereocenters. The molecular weight excluding hydrogens is 150 g/mol. The van der Waals surface area contributed by atoms with Crippen LogP contribution in [0.25, 0.3) is 0 Å². The summed E-state index contributed by atoms with van der Waals surface area (Å²) in [5, 5.41) is 3.35. The lowest BCUT2D eigenvalue weighted by atomic mass is 10.2. The maximum absolute atomic E-state index is 4.94. The Bertz CT molecular complexity index is 143. The Labute approximate surface area is 75.0 Å². The third-order valence-corrected chi connectivity index (χ3v) is 2.24. The fraction of sp³-hybridized carbons (Fsp3) is 0.800. The molecular formula is C10H19NO. The minimum absolute atomic E-state index is 0.818. The zero-order chi connectivity index (χ0) is 8.65. The number of ether oxygens (including phenoxy) is 1. The smallest absolute Gasteiger partial charge is 0.0587 e. The largest absolute Gasteiger partial charge is 0.383 e. The van der Waals surface area contributed by atoms with Gasteiger partial charge in [0.15, 0.2) is 0 Å². The summed E-state index contributed by atoms with van der Waals surface area (Å²) in [5.41, 5.74) is 1.64. The monoisotopic (exact) mass is 169 g/mol. The number of rotatable bonds is 6. The zero-order valence-corrected chi connectivity index (χ0v) is 7.94. The highest BCUT2D eigenvalue weighted by atomic mass is 16.5. The highest BCUT2D eigenvalue weighted by molar-refractivity contribution is 5.07. The van der Waals surface area contributed by atoms with E-state index in [2.05, 4.69) is 11.4 Å². The number of nitrogens with one attached hydrogen (secondary N) is 1. The van der Waals surface area contributed by atoms with Crippen LogP contribution in [-0.2, 0) is 4.74 Å². The average molecular weight is 169 g/mol. The molecule has 70 valence electrons. The quantitative estimate of drug-likeness (QED) is 0.483. The molecule has 0 saturated heterocycles. The summed E-state index contributed by atoms with van der Waals surface area (Å²) in [6.45, 7) is 2.90. The maximum Gasteiger partial charge on any atom is 0.0587 e. The third kappa shape index (κ3) is 3.88. The van der Waals surface area contributed by atoms with Crippen molar-refractivity contribution in [2.75, 3.05) is 26.8 Å². The molecule has 2 nitrogen and oxygen atoms in total. The summed E-state index contributed by atoms with van der Waals surface area (Å²) in [5.74, 6) is 0. The molecule has 1 aliphatic rings. The summed E-state index contributed by atoms with van der Waals surface area (Å²) in [7, 11) is 1.74. The van der Waals surface area contributed by atoms with Gasteiger partial charge in [0.1, 0.15) is 0 Å². The first kappa shape index (κ1) is 9.75. The lowest BCUT2D eigenvalue weighted by Crippen LogP contribution is -2.20.